The van der Waals surface area contributed by atoms with Crippen LogP contribution in [0.4, 0.5) is 5.82 Å². The third kappa shape index (κ3) is 3.19. The minimum atomic E-state index is -3.31. The minimum Gasteiger partial charge on any atom is -0.384 e. The number of carbonyl (C=O) groups excluding carboxylic acids is 1. The highest BCUT2D eigenvalue weighted by Crippen LogP contribution is 2.22. The molecule has 0 aliphatic carbocycles. The first kappa shape index (κ1) is 14.1. The molecule has 0 spiro atoms. The van der Waals surface area contributed by atoms with E-state index in [4.69, 9.17) is 5.73 Å². The van der Waals surface area contributed by atoms with Gasteiger partial charge in [-0.05, 0) is 12.1 Å². The SMILES string of the molecule is CS(=O)(=O)C1CSCCN1C(=O)c1cccc(N)n1. The molecule has 2 heterocycles. The highest BCUT2D eigenvalue weighted by molar-refractivity contribution is 8.00. The molecule has 19 heavy (non-hydrogen) atoms. The van der Waals surface area contributed by atoms with Crippen LogP contribution in [-0.4, -0.2) is 53.9 Å². The second kappa shape index (κ2) is 5.38. The molecule has 1 aliphatic rings. The van der Waals surface area contributed by atoms with E-state index >= 15 is 0 Å². The molecular formula is C11H15N3O3S2. The van der Waals surface area contributed by atoms with Crippen molar-refractivity contribution < 1.29 is 13.2 Å². The number of nitrogens with two attached hydrogens (primary N) is 1. The number of hydrogen-bond acceptors (Lipinski definition) is 6. The lowest BCUT2D eigenvalue weighted by Crippen LogP contribution is -2.50. The summed E-state index contributed by atoms with van der Waals surface area (Å²) in [7, 11) is -3.31. The lowest BCUT2D eigenvalue weighted by Gasteiger charge is -2.33. The molecule has 8 heteroatoms. The van der Waals surface area contributed by atoms with Crippen LogP contribution in [0.2, 0.25) is 0 Å². The second-order valence-corrected chi connectivity index (χ2v) is 7.66. The van der Waals surface area contributed by atoms with Crippen molar-refractivity contribution in [1.82, 2.24) is 9.88 Å². The van der Waals surface area contributed by atoms with Crippen molar-refractivity contribution in [2.45, 2.75) is 5.37 Å². The average molecular weight is 301 g/mol. The van der Waals surface area contributed by atoms with E-state index < -0.39 is 15.2 Å². The van der Waals surface area contributed by atoms with E-state index in [1.807, 2.05) is 0 Å². The number of nitrogen functional groups attached to an aromatic ring is 1. The Balaban J connectivity index is 2.30. The van der Waals surface area contributed by atoms with Crippen molar-refractivity contribution in [3.63, 3.8) is 0 Å². The highest BCUT2D eigenvalue weighted by atomic mass is 32.2. The van der Waals surface area contributed by atoms with Crippen LogP contribution < -0.4 is 5.73 Å². The predicted octanol–water partition coefficient (Wildman–Crippen LogP) is 0.223. The lowest BCUT2D eigenvalue weighted by molar-refractivity contribution is 0.0744. The van der Waals surface area contributed by atoms with E-state index in [2.05, 4.69) is 4.98 Å². The van der Waals surface area contributed by atoms with E-state index in [1.54, 1.807) is 18.2 Å². The molecular weight excluding hydrogens is 286 g/mol. The number of anilines is 1. The molecule has 1 aromatic rings. The van der Waals surface area contributed by atoms with E-state index in [1.165, 1.54) is 16.7 Å². The molecule has 1 atom stereocenters. The molecule has 2 rings (SSSR count). The van der Waals surface area contributed by atoms with Crippen LogP contribution in [0.1, 0.15) is 10.5 Å². The van der Waals surface area contributed by atoms with Gasteiger partial charge in [0.1, 0.15) is 16.9 Å². The zero-order valence-corrected chi connectivity index (χ0v) is 12.1. The van der Waals surface area contributed by atoms with Crippen LogP contribution in [0.5, 0.6) is 0 Å². The summed E-state index contributed by atoms with van der Waals surface area (Å²) in [5.74, 6) is 0.976. The molecule has 0 bridgehead atoms. The minimum absolute atomic E-state index is 0.181. The molecule has 0 radical (unpaired) electrons. The van der Waals surface area contributed by atoms with Gasteiger partial charge < -0.3 is 10.6 Å². The van der Waals surface area contributed by atoms with Crippen molar-refractivity contribution in [3.05, 3.63) is 23.9 Å². The Hall–Kier alpha value is -1.28. The summed E-state index contributed by atoms with van der Waals surface area (Å²) in [6, 6.07) is 4.75. The van der Waals surface area contributed by atoms with Crippen molar-refractivity contribution >= 4 is 33.3 Å². The zero-order valence-electron chi connectivity index (χ0n) is 10.4. The van der Waals surface area contributed by atoms with Gasteiger partial charge in [-0.15, -0.1) is 0 Å². The zero-order chi connectivity index (χ0) is 14.0. The second-order valence-electron chi connectivity index (χ2n) is 4.31. The normalized spacial score (nSPS) is 20.3. The predicted molar refractivity (Wildman–Crippen MR) is 75.6 cm³/mol. The van der Waals surface area contributed by atoms with Crippen LogP contribution in [0, 0.1) is 0 Å². The fourth-order valence-electron chi connectivity index (χ4n) is 1.89. The summed E-state index contributed by atoms with van der Waals surface area (Å²) in [5.41, 5.74) is 5.72. The molecule has 1 aromatic heterocycles. The molecule has 1 unspecified atom stereocenters. The van der Waals surface area contributed by atoms with Gasteiger partial charge in [-0.3, -0.25) is 4.79 Å². The number of hydrogen-bond donors (Lipinski definition) is 1. The molecule has 6 nitrogen and oxygen atoms in total. The maximum Gasteiger partial charge on any atom is 0.273 e. The Bertz CT molecular complexity index is 589. The molecule has 1 aliphatic heterocycles. The molecule has 0 saturated carbocycles. The van der Waals surface area contributed by atoms with Gasteiger partial charge in [-0.1, -0.05) is 6.07 Å². The number of thioether (sulfide) groups is 1. The molecule has 104 valence electrons. The number of nitrogens with zero attached hydrogens (tertiary/aromatic N) is 2. The van der Waals surface area contributed by atoms with Crippen molar-refractivity contribution in [3.8, 4) is 0 Å². The summed E-state index contributed by atoms with van der Waals surface area (Å²) in [5, 5.41) is -0.790. The lowest BCUT2D eigenvalue weighted by atomic mass is 10.3. The Labute approximate surface area is 116 Å². The first-order valence-electron chi connectivity index (χ1n) is 5.69. The third-order valence-electron chi connectivity index (χ3n) is 2.83. The average Bonchev–Trinajstić information content (AvgIpc) is 2.37. The quantitative estimate of drug-likeness (QED) is 0.840. The van der Waals surface area contributed by atoms with Gasteiger partial charge in [0.25, 0.3) is 5.91 Å². The number of aromatic nitrogens is 1. The summed E-state index contributed by atoms with van der Waals surface area (Å²) in [4.78, 5) is 17.7. The number of amides is 1. The number of pyridine rings is 1. The largest absolute Gasteiger partial charge is 0.384 e. The van der Waals surface area contributed by atoms with Crippen molar-refractivity contribution in [2.75, 3.05) is 30.0 Å². The van der Waals surface area contributed by atoms with E-state index in [0.29, 0.717) is 12.3 Å². The number of carbonyl (C=O) groups is 1. The van der Waals surface area contributed by atoms with Crippen LogP contribution in [0.15, 0.2) is 18.2 Å². The summed E-state index contributed by atoms with van der Waals surface area (Å²) < 4.78 is 23.5. The Morgan fingerprint density at radius 2 is 2.26 bits per heavy atom. The standard InChI is InChI=1S/C11H15N3O3S2/c1-19(16,17)10-7-18-6-5-14(10)11(15)8-3-2-4-9(12)13-8/h2-4,10H,5-7H2,1H3,(H2,12,13). The van der Waals surface area contributed by atoms with Gasteiger partial charge >= 0.3 is 0 Å². The fourth-order valence-corrected chi connectivity index (χ4v) is 4.70. The smallest absolute Gasteiger partial charge is 0.273 e. The van der Waals surface area contributed by atoms with Crippen LogP contribution in [0.3, 0.4) is 0 Å². The van der Waals surface area contributed by atoms with Gasteiger partial charge in [0.05, 0.1) is 0 Å². The topological polar surface area (TPSA) is 93.4 Å². The Kier molecular flexibility index (Phi) is 4.00. The molecule has 1 amide bonds. The summed E-state index contributed by atoms with van der Waals surface area (Å²) >= 11 is 1.53. The number of sulfone groups is 1. The summed E-state index contributed by atoms with van der Waals surface area (Å²) in [6.07, 6.45) is 1.15. The fraction of sp³-hybridized carbons (Fsp3) is 0.455. The van der Waals surface area contributed by atoms with Crippen molar-refractivity contribution in [2.24, 2.45) is 0 Å². The molecule has 1 saturated heterocycles. The van der Waals surface area contributed by atoms with Gasteiger partial charge in [0.15, 0.2) is 9.84 Å². The van der Waals surface area contributed by atoms with E-state index in [-0.39, 0.29) is 17.4 Å². The van der Waals surface area contributed by atoms with E-state index in [9.17, 15) is 13.2 Å². The first-order chi connectivity index (χ1) is 8.89. The number of rotatable bonds is 2. The monoisotopic (exact) mass is 301 g/mol. The van der Waals surface area contributed by atoms with Gasteiger partial charge in [-0.2, -0.15) is 11.8 Å². The van der Waals surface area contributed by atoms with Gasteiger partial charge in [0.2, 0.25) is 0 Å². The molecule has 1 fully saturated rings. The Morgan fingerprint density at radius 1 is 1.53 bits per heavy atom. The Morgan fingerprint density at radius 3 is 2.89 bits per heavy atom. The van der Waals surface area contributed by atoms with Crippen molar-refractivity contribution in [1.29, 1.82) is 0 Å². The summed E-state index contributed by atoms with van der Waals surface area (Å²) in [6.45, 7) is 0.401. The van der Waals surface area contributed by atoms with Crippen LogP contribution in [0.25, 0.3) is 0 Å². The highest BCUT2D eigenvalue weighted by Gasteiger charge is 2.35. The molecule has 2 N–H and O–H groups in total. The van der Waals surface area contributed by atoms with Crippen LogP contribution in [-0.2, 0) is 9.84 Å². The third-order valence-corrected chi connectivity index (χ3v) is 5.47. The van der Waals surface area contributed by atoms with E-state index in [0.717, 1.165) is 12.0 Å². The first-order valence-corrected chi connectivity index (χ1v) is 8.80. The van der Waals surface area contributed by atoms with Gasteiger partial charge in [0, 0.05) is 24.3 Å². The van der Waals surface area contributed by atoms with Gasteiger partial charge in [-0.25, -0.2) is 13.4 Å². The van der Waals surface area contributed by atoms with Crippen LogP contribution >= 0.6 is 11.8 Å². The maximum atomic E-state index is 12.3. The molecule has 0 aromatic carbocycles. The maximum absolute atomic E-state index is 12.3.